The zero-order valence-corrected chi connectivity index (χ0v) is 10.5. The normalized spacial score (nSPS) is 11.0. The van der Waals surface area contributed by atoms with Crippen LogP contribution in [-0.4, -0.2) is 19.2 Å². The van der Waals surface area contributed by atoms with Crippen LogP contribution in [0.2, 0.25) is 0 Å². The predicted octanol–water partition coefficient (Wildman–Crippen LogP) is 2.37. The molecule has 0 saturated heterocycles. The molecular weight excluding hydrogens is 226 g/mol. The fraction of sp³-hybridized carbons (Fsp3) is 0.231. The molecule has 3 rings (SSSR count). The Balaban J connectivity index is 2.03. The summed E-state index contributed by atoms with van der Waals surface area (Å²) in [5.74, 6) is 0.993. The second-order valence-corrected chi connectivity index (χ2v) is 4.21. The molecule has 0 radical (unpaired) electrons. The Hall–Kier alpha value is -2.30. The third-order valence-corrected chi connectivity index (χ3v) is 2.93. The van der Waals surface area contributed by atoms with E-state index < -0.39 is 0 Å². The molecule has 0 aliphatic carbocycles. The summed E-state index contributed by atoms with van der Waals surface area (Å²) in [6.07, 6.45) is 6.64. The summed E-state index contributed by atoms with van der Waals surface area (Å²) in [5, 5.41) is 7.84. The van der Waals surface area contributed by atoms with Crippen molar-refractivity contribution in [3.63, 3.8) is 0 Å². The maximum Gasteiger partial charge on any atom is 0.138 e. The fourth-order valence-electron chi connectivity index (χ4n) is 2.09. The zero-order valence-electron chi connectivity index (χ0n) is 10.5. The largest absolute Gasteiger partial charge is 0.339 e. The van der Waals surface area contributed by atoms with Crippen molar-refractivity contribution in [3.05, 3.63) is 42.5 Å². The number of imidazole rings is 1. The smallest absolute Gasteiger partial charge is 0.138 e. The fourth-order valence-corrected chi connectivity index (χ4v) is 2.09. The van der Waals surface area contributed by atoms with Gasteiger partial charge >= 0.3 is 0 Å². The lowest BCUT2D eigenvalue weighted by molar-refractivity contribution is 0.746. The van der Waals surface area contributed by atoms with Crippen molar-refractivity contribution in [1.82, 2.24) is 19.2 Å². The molecule has 5 nitrogen and oxygen atoms in total. The summed E-state index contributed by atoms with van der Waals surface area (Å²) in [5.41, 5.74) is 3.04. The SMILES string of the molecule is CCc1nn(C)cc1Nc1cccc2nccn12. The first-order valence-corrected chi connectivity index (χ1v) is 5.99. The van der Waals surface area contributed by atoms with Gasteiger partial charge in [-0.05, 0) is 18.6 Å². The highest BCUT2D eigenvalue weighted by molar-refractivity contribution is 5.61. The van der Waals surface area contributed by atoms with Crippen molar-refractivity contribution in [3.8, 4) is 0 Å². The van der Waals surface area contributed by atoms with Crippen molar-refractivity contribution in [2.24, 2.45) is 7.05 Å². The molecule has 0 saturated carbocycles. The minimum absolute atomic E-state index is 0.906. The van der Waals surface area contributed by atoms with Crippen molar-refractivity contribution in [1.29, 1.82) is 0 Å². The van der Waals surface area contributed by atoms with Gasteiger partial charge in [0.05, 0.1) is 11.4 Å². The van der Waals surface area contributed by atoms with Gasteiger partial charge in [0.25, 0.3) is 0 Å². The Labute approximate surface area is 105 Å². The molecule has 0 aromatic carbocycles. The van der Waals surface area contributed by atoms with Crippen molar-refractivity contribution >= 4 is 17.2 Å². The van der Waals surface area contributed by atoms with Crippen LogP contribution in [0.15, 0.2) is 36.8 Å². The second-order valence-electron chi connectivity index (χ2n) is 4.21. The van der Waals surface area contributed by atoms with E-state index in [2.05, 4.69) is 22.3 Å². The van der Waals surface area contributed by atoms with Crippen LogP contribution >= 0.6 is 0 Å². The monoisotopic (exact) mass is 241 g/mol. The van der Waals surface area contributed by atoms with Crippen LogP contribution in [0.1, 0.15) is 12.6 Å². The molecule has 0 aliphatic rings. The number of aromatic nitrogens is 4. The van der Waals surface area contributed by atoms with Crippen molar-refractivity contribution in [2.45, 2.75) is 13.3 Å². The van der Waals surface area contributed by atoms with E-state index in [4.69, 9.17) is 0 Å². The topological polar surface area (TPSA) is 47.2 Å². The van der Waals surface area contributed by atoms with Gasteiger partial charge in [-0.1, -0.05) is 13.0 Å². The second kappa shape index (κ2) is 4.18. The van der Waals surface area contributed by atoms with Crippen LogP contribution in [0, 0.1) is 0 Å². The van der Waals surface area contributed by atoms with Crippen LogP contribution in [0.4, 0.5) is 11.5 Å². The lowest BCUT2D eigenvalue weighted by Gasteiger charge is -2.07. The van der Waals surface area contributed by atoms with E-state index in [1.807, 2.05) is 46.7 Å². The van der Waals surface area contributed by atoms with Crippen molar-refractivity contribution in [2.75, 3.05) is 5.32 Å². The van der Waals surface area contributed by atoms with Gasteiger partial charge in [-0.3, -0.25) is 9.08 Å². The number of rotatable bonds is 3. The van der Waals surface area contributed by atoms with Gasteiger partial charge in [0, 0.05) is 25.6 Å². The molecule has 3 aromatic rings. The molecule has 18 heavy (non-hydrogen) atoms. The number of hydrogen-bond donors (Lipinski definition) is 1. The van der Waals surface area contributed by atoms with Gasteiger partial charge in [0.15, 0.2) is 0 Å². The molecular formula is C13H15N5. The maximum atomic E-state index is 4.42. The van der Waals surface area contributed by atoms with E-state index in [-0.39, 0.29) is 0 Å². The molecule has 0 aliphatic heterocycles. The Kier molecular flexibility index (Phi) is 2.51. The van der Waals surface area contributed by atoms with Crippen molar-refractivity contribution < 1.29 is 0 Å². The molecule has 0 atom stereocenters. The first-order chi connectivity index (χ1) is 8.78. The Bertz CT molecular complexity index is 680. The van der Waals surface area contributed by atoms with Gasteiger partial charge in [-0.2, -0.15) is 5.10 Å². The first-order valence-electron chi connectivity index (χ1n) is 5.99. The van der Waals surface area contributed by atoms with Crippen LogP contribution in [0.3, 0.4) is 0 Å². The summed E-state index contributed by atoms with van der Waals surface area (Å²) in [6, 6.07) is 6.00. The standard InChI is InChI=1S/C13H15N5/c1-3-10-11(9-17(2)16-10)15-13-6-4-5-12-14-7-8-18(12)13/h4-9,15H,3H2,1-2H3. The molecule has 3 heterocycles. The van der Waals surface area contributed by atoms with E-state index >= 15 is 0 Å². The highest BCUT2D eigenvalue weighted by Crippen LogP contribution is 2.20. The van der Waals surface area contributed by atoms with E-state index in [1.54, 1.807) is 6.20 Å². The van der Waals surface area contributed by atoms with Gasteiger partial charge in [-0.25, -0.2) is 4.98 Å². The minimum atomic E-state index is 0.906. The molecule has 92 valence electrons. The third-order valence-electron chi connectivity index (χ3n) is 2.93. The summed E-state index contributed by atoms with van der Waals surface area (Å²) in [4.78, 5) is 4.27. The van der Waals surface area contributed by atoms with Gasteiger partial charge < -0.3 is 5.32 Å². The average Bonchev–Trinajstić information content (AvgIpc) is 2.96. The minimum Gasteiger partial charge on any atom is -0.339 e. The first kappa shape index (κ1) is 10.8. The summed E-state index contributed by atoms with van der Waals surface area (Å²) < 4.78 is 3.85. The third kappa shape index (κ3) is 1.73. The Morgan fingerprint density at radius 1 is 1.33 bits per heavy atom. The van der Waals surface area contributed by atoms with Crippen LogP contribution < -0.4 is 5.32 Å². The lowest BCUT2D eigenvalue weighted by Crippen LogP contribution is -1.98. The lowest BCUT2D eigenvalue weighted by atomic mass is 10.3. The van der Waals surface area contributed by atoms with Crippen LogP contribution in [0.25, 0.3) is 5.65 Å². The van der Waals surface area contributed by atoms with E-state index in [9.17, 15) is 0 Å². The quantitative estimate of drug-likeness (QED) is 0.765. The summed E-state index contributed by atoms with van der Waals surface area (Å²) in [6.45, 7) is 2.10. The highest BCUT2D eigenvalue weighted by Gasteiger charge is 2.07. The van der Waals surface area contributed by atoms with E-state index in [0.717, 1.165) is 29.3 Å². The van der Waals surface area contributed by atoms with E-state index in [0.29, 0.717) is 0 Å². The van der Waals surface area contributed by atoms with E-state index in [1.165, 1.54) is 0 Å². The number of hydrogen-bond acceptors (Lipinski definition) is 3. The number of nitrogens with zero attached hydrogens (tertiary/aromatic N) is 4. The maximum absolute atomic E-state index is 4.42. The summed E-state index contributed by atoms with van der Waals surface area (Å²) in [7, 11) is 1.93. The average molecular weight is 241 g/mol. The molecule has 5 heteroatoms. The number of anilines is 2. The Morgan fingerprint density at radius 2 is 2.22 bits per heavy atom. The van der Waals surface area contributed by atoms with Gasteiger partial charge in [0.1, 0.15) is 11.5 Å². The highest BCUT2D eigenvalue weighted by atomic mass is 15.3. The van der Waals surface area contributed by atoms with Crippen LogP contribution in [0.5, 0.6) is 0 Å². The Morgan fingerprint density at radius 3 is 3.06 bits per heavy atom. The number of nitrogens with one attached hydrogen (secondary N) is 1. The zero-order chi connectivity index (χ0) is 12.5. The number of aryl methyl sites for hydroxylation is 2. The number of fused-ring (bicyclic) bond motifs is 1. The molecule has 0 unspecified atom stereocenters. The predicted molar refractivity (Wildman–Crippen MR) is 71.1 cm³/mol. The van der Waals surface area contributed by atoms with Gasteiger partial charge in [0.2, 0.25) is 0 Å². The molecule has 3 aromatic heterocycles. The molecule has 0 bridgehead atoms. The molecule has 0 spiro atoms. The molecule has 0 fully saturated rings. The van der Waals surface area contributed by atoms with Crippen LogP contribution in [-0.2, 0) is 13.5 Å². The summed E-state index contributed by atoms with van der Waals surface area (Å²) >= 11 is 0. The number of pyridine rings is 1. The molecule has 1 N–H and O–H groups in total. The molecule has 0 amide bonds. The van der Waals surface area contributed by atoms with Gasteiger partial charge in [-0.15, -0.1) is 0 Å².